The van der Waals surface area contributed by atoms with Crippen LogP contribution in [0.3, 0.4) is 0 Å². The molecule has 4 aliphatic rings. The Morgan fingerprint density at radius 3 is 2.05 bits per heavy atom. The van der Waals surface area contributed by atoms with Crippen LogP contribution in [0.15, 0.2) is 5.16 Å². The smallest absolute Gasteiger partial charge is 0.249 e. The second kappa shape index (κ2) is 4.31. The van der Waals surface area contributed by atoms with Crippen LogP contribution in [-0.2, 0) is 21.8 Å². The average Bonchev–Trinajstić information content (AvgIpc) is 2.81. The Kier molecular flexibility index (Phi) is 2.82. The van der Waals surface area contributed by atoms with E-state index < -0.39 is 9.84 Å². The molecule has 0 amide bonds. The fourth-order valence-corrected chi connectivity index (χ4v) is 6.43. The highest BCUT2D eigenvalue weighted by atomic mass is 32.2. The summed E-state index contributed by atoms with van der Waals surface area (Å²) in [7, 11) is -3.31. The van der Waals surface area contributed by atoms with Crippen LogP contribution >= 0.6 is 0 Å². The van der Waals surface area contributed by atoms with E-state index in [4.69, 9.17) is 0 Å². The summed E-state index contributed by atoms with van der Waals surface area (Å²) in [6, 6.07) is 0. The molecule has 5 nitrogen and oxygen atoms in total. The number of hydrogen-bond donors (Lipinski definition) is 0. The summed E-state index contributed by atoms with van der Waals surface area (Å²) in [6.07, 6.45) is 8.89. The van der Waals surface area contributed by atoms with Gasteiger partial charge in [0.1, 0.15) is 5.82 Å². The summed E-state index contributed by atoms with van der Waals surface area (Å²) in [6.45, 7) is 2.62. The minimum Gasteiger partial charge on any atom is -0.302 e. The van der Waals surface area contributed by atoms with Gasteiger partial charge in [0.2, 0.25) is 15.0 Å². The van der Waals surface area contributed by atoms with Crippen molar-refractivity contribution in [1.29, 1.82) is 0 Å². The Morgan fingerprint density at radius 2 is 1.62 bits per heavy atom. The molecule has 4 saturated carbocycles. The van der Waals surface area contributed by atoms with E-state index in [0.29, 0.717) is 6.54 Å². The van der Waals surface area contributed by atoms with Gasteiger partial charge in [-0.25, -0.2) is 8.42 Å². The molecule has 4 aliphatic carbocycles. The van der Waals surface area contributed by atoms with Crippen LogP contribution in [0.2, 0.25) is 0 Å². The molecule has 0 spiro atoms. The van der Waals surface area contributed by atoms with Gasteiger partial charge >= 0.3 is 0 Å². The van der Waals surface area contributed by atoms with Gasteiger partial charge in [0, 0.05) is 18.2 Å². The predicted octanol–water partition coefficient (Wildman–Crippen LogP) is 2.17. The Labute approximate surface area is 126 Å². The highest BCUT2D eigenvalue weighted by Crippen LogP contribution is 2.60. The van der Waals surface area contributed by atoms with Crippen LogP contribution in [0.4, 0.5) is 0 Å². The zero-order chi connectivity index (χ0) is 14.8. The van der Waals surface area contributed by atoms with Crippen molar-refractivity contribution in [3.8, 4) is 0 Å². The number of hydrogen-bond acceptors (Lipinski definition) is 4. The SMILES string of the molecule is CCn1c(C23CC4CC(CC(C4)C2)C3)nnc1S(C)(=O)=O. The van der Waals surface area contributed by atoms with Crippen molar-refractivity contribution in [2.24, 2.45) is 17.8 Å². The molecule has 5 rings (SSSR count). The molecule has 1 heterocycles. The minimum atomic E-state index is -3.31. The normalized spacial score (nSPS) is 38.1. The quantitative estimate of drug-likeness (QED) is 0.858. The highest BCUT2D eigenvalue weighted by molar-refractivity contribution is 7.90. The molecule has 0 saturated heterocycles. The molecule has 0 radical (unpaired) electrons. The zero-order valence-corrected chi connectivity index (χ0v) is 13.6. The molecule has 116 valence electrons. The lowest BCUT2D eigenvalue weighted by Gasteiger charge is -2.56. The van der Waals surface area contributed by atoms with Crippen molar-refractivity contribution in [1.82, 2.24) is 14.8 Å². The van der Waals surface area contributed by atoms with Gasteiger partial charge in [-0.05, 0) is 63.2 Å². The summed E-state index contributed by atoms with van der Waals surface area (Å²) in [5.41, 5.74) is 0.0979. The molecular weight excluding hydrogens is 286 g/mol. The van der Waals surface area contributed by atoms with E-state index in [1.807, 2.05) is 11.5 Å². The first-order valence-corrected chi connectivity index (χ1v) is 9.94. The molecule has 1 aromatic heterocycles. The van der Waals surface area contributed by atoms with Crippen LogP contribution in [0, 0.1) is 17.8 Å². The third-order valence-corrected chi connectivity index (χ3v) is 6.84. The van der Waals surface area contributed by atoms with E-state index in [9.17, 15) is 8.42 Å². The number of rotatable bonds is 3. The molecular formula is C15H23N3O2S. The van der Waals surface area contributed by atoms with E-state index in [1.165, 1.54) is 44.8 Å². The molecule has 4 fully saturated rings. The van der Waals surface area contributed by atoms with Gasteiger partial charge in [-0.15, -0.1) is 10.2 Å². The first kappa shape index (κ1) is 13.7. The topological polar surface area (TPSA) is 64.8 Å². The van der Waals surface area contributed by atoms with E-state index in [2.05, 4.69) is 10.2 Å². The summed E-state index contributed by atoms with van der Waals surface area (Å²) in [4.78, 5) is 0. The van der Waals surface area contributed by atoms with Crippen LogP contribution in [0.5, 0.6) is 0 Å². The fourth-order valence-electron chi connectivity index (χ4n) is 5.62. The standard InChI is InChI=1S/C15H23N3O2S/c1-3-18-13(16-17-14(18)21(2,19)20)15-7-10-4-11(8-15)6-12(5-10)9-15/h10-12H,3-9H2,1-2H3. The number of nitrogens with zero attached hydrogens (tertiary/aromatic N) is 3. The van der Waals surface area contributed by atoms with Crippen LogP contribution < -0.4 is 0 Å². The molecule has 6 heteroatoms. The summed E-state index contributed by atoms with van der Waals surface area (Å²) >= 11 is 0. The van der Waals surface area contributed by atoms with Gasteiger partial charge in [-0.2, -0.15) is 0 Å². The van der Waals surface area contributed by atoms with Gasteiger partial charge < -0.3 is 4.57 Å². The van der Waals surface area contributed by atoms with Crippen LogP contribution in [0.25, 0.3) is 0 Å². The molecule has 0 N–H and O–H groups in total. The molecule has 0 unspecified atom stereocenters. The van der Waals surface area contributed by atoms with Gasteiger partial charge in [0.25, 0.3) is 0 Å². The minimum absolute atomic E-state index is 0.0979. The molecule has 0 aromatic carbocycles. The molecule has 1 aromatic rings. The Morgan fingerprint density at radius 1 is 1.10 bits per heavy atom. The first-order valence-electron chi connectivity index (χ1n) is 8.05. The first-order chi connectivity index (χ1) is 9.91. The largest absolute Gasteiger partial charge is 0.302 e. The maximum Gasteiger partial charge on any atom is 0.249 e. The second-order valence-corrected chi connectivity index (χ2v) is 9.43. The van der Waals surface area contributed by atoms with Crippen molar-refractivity contribution in [3.05, 3.63) is 5.82 Å². The van der Waals surface area contributed by atoms with E-state index >= 15 is 0 Å². The highest BCUT2D eigenvalue weighted by Gasteiger charge is 2.54. The Balaban J connectivity index is 1.82. The van der Waals surface area contributed by atoms with Crippen molar-refractivity contribution in [2.45, 2.75) is 62.6 Å². The third kappa shape index (κ3) is 1.98. The number of aromatic nitrogens is 3. The van der Waals surface area contributed by atoms with Crippen molar-refractivity contribution in [2.75, 3.05) is 6.26 Å². The molecule has 4 bridgehead atoms. The summed E-state index contributed by atoms with van der Waals surface area (Å²) < 4.78 is 25.7. The van der Waals surface area contributed by atoms with Crippen molar-refractivity contribution >= 4 is 9.84 Å². The molecule has 0 atom stereocenters. The maximum atomic E-state index is 11.9. The van der Waals surface area contributed by atoms with E-state index in [0.717, 1.165) is 23.6 Å². The second-order valence-electron chi connectivity index (χ2n) is 7.52. The van der Waals surface area contributed by atoms with Crippen molar-refractivity contribution in [3.63, 3.8) is 0 Å². The lowest BCUT2D eigenvalue weighted by atomic mass is 9.49. The van der Waals surface area contributed by atoms with Gasteiger partial charge in [-0.1, -0.05) is 0 Å². The van der Waals surface area contributed by atoms with Crippen LogP contribution in [-0.4, -0.2) is 29.4 Å². The fraction of sp³-hybridized carbons (Fsp3) is 0.867. The Hall–Kier alpha value is -0.910. The maximum absolute atomic E-state index is 11.9. The summed E-state index contributed by atoms with van der Waals surface area (Å²) in [5, 5.41) is 8.57. The molecule has 0 aliphatic heterocycles. The van der Waals surface area contributed by atoms with Crippen molar-refractivity contribution < 1.29 is 8.42 Å². The Bertz CT molecular complexity index is 642. The lowest BCUT2D eigenvalue weighted by Crippen LogP contribution is -2.49. The van der Waals surface area contributed by atoms with Crippen LogP contribution in [0.1, 0.15) is 51.3 Å². The zero-order valence-electron chi connectivity index (χ0n) is 12.7. The average molecular weight is 309 g/mol. The van der Waals surface area contributed by atoms with Gasteiger partial charge in [0.05, 0.1) is 0 Å². The molecule has 21 heavy (non-hydrogen) atoms. The predicted molar refractivity (Wildman–Crippen MR) is 78.7 cm³/mol. The monoisotopic (exact) mass is 309 g/mol. The van der Waals surface area contributed by atoms with E-state index in [1.54, 1.807) is 0 Å². The van der Waals surface area contributed by atoms with Gasteiger partial charge in [0.15, 0.2) is 0 Å². The lowest BCUT2D eigenvalue weighted by molar-refractivity contribution is -0.0113. The summed E-state index contributed by atoms with van der Waals surface area (Å²) in [5.74, 6) is 3.41. The third-order valence-electron chi connectivity index (χ3n) is 5.88. The van der Waals surface area contributed by atoms with E-state index in [-0.39, 0.29) is 10.6 Å². The number of sulfone groups is 1. The van der Waals surface area contributed by atoms with Gasteiger partial charge in [-0.3, -0.25) is 0 Å².